The van der Waals surface area contributed by atoms with E-state index in [-0.39, 0.29) is 0 Å². The molecule has 5 rings (SSSR count). The number of rotatable bonds is 10. The third kappa shape index (κ3) is 5.96. The van der Waals surface area contributed by atoms with Crippen LogP contribution < -0.4 is 19.5 Å². The van der Waals surface area contributed by atoms with E-state index in [2.05, 4.69) is 70.9 Å². The molecular formula is C31H38N2O3. The number of hydrogen-bond donors (Lipinski definition) is 1. The zero-order valence-electron chi connectivity index (χ0n) is 21.6. The molecule has 190 valence electrons. The van der Waals surface area contributed by atoms with Crippen LogP contribution in [0.4, 0.5) is 5.69 Å². The Hall–Kier alpha value is -3.18. The van der Waals surface area contributed by atoms with E-state index in [1.807, 2.05) is 0 Å². The third-order valence-corrected chi connectivity index (χ3v) is 7.62. The molecule has 1 N–H and O–H groups in total. The smallest absolute Gasteiger partial charge is 0.120 e. The van der Waals surface area contributed by atoms with E-state index in [0.29, 0.717) is 5.92 Å². The van der Waals surface area contributed by atoms with E-state index in [1.54, 1.807) is 14.2 Å². The lowest BCUT2D eigenvalue weighted by molar-refractivity contribution is 0.238. The summed E-state index contributed by atoms with van der Waals surface area (Å²) < 4.78 is 16.9. The van der Waals surface area contributed by atoms with Crippen LogP contribution in [-0.4, -0.2) is 45.4 Å². The first-order chi connectivity index (χ1) is 17.7. The lowest BCUT2D eigenvalue weighted by atomic mass is 9.79. The van der Waals surface area contributed by atoms with Gasteiger partial charge in [-0.05, 0) is 104 Å². The molecule has 0 saturated carbocycles. The molecule has 1 fully saturated rings. The van der Waals surface area contributed by atoms with Gasteiger partial charge in [-0.3, -0.25) is 4.90 Å². The SMILES string of the molecule is COc1ccc2c(c1)CCC(c1ccc(OC)cc1NCc1ccc(OCCN3CCCC3)cc1)C2. The molecule has 0 bridgehead atoms. The summed E-state index contributed by atoms with van der Waals surface area (Å²) in [4.78, 5) is 2.48. The molecular weight excluding hydrogens is 448 g/mol. The Balaban J connectivity index is 1.22. The number of aryl methyl sites for hydroxylation is 1. The Bertz CT molecular complexity index is 1140. The van der Waals surface area contributed by atoms with Gasteiger partial charge in [-0.1, -0.05) is 24.3 Å². The molecule has 1 saturated heterocycles. The van der Waals surface area contributed by atoms with Crippen LogP contribution in [0.25, 0.3) is 0 Å². The second kappa shape index (κ2) is 11.7. The predicted molar refractivity (Wildman–Crippen MR) is 146 cm³/mol. The molecule has 1 atom stereocenters. The Morgan fingerprint density at radius 3 is 2.33 bits per heavy atom. The summed E-state index contributed by atoms with van der Waals surface area (Å²) in [6.07, 6.45) is 5.89. The first kappa shape index (κ1) is 24.5. The first-order valence-corrected chi connectivity index (χ1v) is 13.2. The summed E-state index contributed by atoms with van der Waals surface area (Å²) in [7, 11) is 3.46. The number of ether oxygens (including phenoxy) is 3. The summed E-state index contributed by atoms with van der Waals surface area (Å²) in [6.45, 7) is 4.95. The van der Waals surface area contributed by atoms with Crippen molar-refractivity contribution in [3.05, 3.63) is 82.9 Å². The molecule has 1 aliphatic carbocycles. The van der Waals surface area contributed by atoms with Gasteiger partial charge in [0.2, 0.25) is 0 Å². The van der Waals surface area contributed by atoms with Gasteiger partial charge in [0.05, 0.1) is 14.2 Å². The average Bonchev–Trinajstić information content (AvgIpc) is 3.45. The molecule has 0 aromatic heterocycles. The lowest BCUT2D eigenvalue weighted by Crippen LogP contribution is -2.25. The second-order valence-electron chi connectivity index (χ2n) is 9.92. The van der Waals surface area contributed by atoms with Gasteiger partial charge in [0.15, 0.2) is 0 Å². The van der Waals surface area contributed by atoms with Gasteiger partial charge in [-0.15, -0.1) is 0 Å². The van der Waals surface area contributed by atoms with Crippen LogP contribution in [0, 0.1) is 0 Å². The molecule has 36 heavy (non-hydrogen) atoms. The fourth-order valence-electron chi connectivity index (χ4n) is 5.49. The molecule has 1 aliphatic heterocycles. The monoisotopic (exact) mass is 486 g/mol. The quantitative estimate of drug-likeness (QED) is 0.377. The minimum atomic E-state index is 0.477. The van der Waals surface area contributed by atoms with E-state index in [1.165, 1.54) is 48.2 Å². The van der Waals surface area contributed by atoms with Crippen LogP contribution in [-0.2, 0) is 19.4 Å². The maximum Gasteiger partial charge on any atom is 0.120 e. The Labute approximate surface area is 215 Å². The van der Waals surface area contributed by atoms with Crippen molar-refractivity contribution in [2.45, 2.75) is 44.6 Å². The standard InChI is InChI=1S/C31H38N2O3/c1-34-28-12-9-24-19-26(8-7-25(24)20-28)30-14-13-29(35-2)21-31(30)32-22-23-5-10-27(11-6-23)36-18-17-33-15-3-4-16-33/h5-6,9-14,20-21,26,32H,3-4,7-8,15-19,22H2,1-2H3. The van der Waals surface area contributed by atoms with Crippen molar-refractivity contribution in [3.63, 3.8) is 0 Å². The summed E-state index contributed by atoms with van der Waals surface area (Å²) in [5.74, 6) is 3.24. The number of nitrogens with one attached hydrogen (secondary N) is 1. The summed E-state index contributed by atoms with van der Waals surface area (Å²) in [5, 5.41) is 3.70. The van der Waals surface area contributed by atoms with Crippen LogP contribution >= 0.6 is 0 Å². The van der Waals surface area contributed by atoms with E-state index in [4.69, 9.17) is 14.2 Å². The zero-order valence-corrected chi connectivity index (χ0v) is 21.6. The Kier molecular flexibility index (Phi) is 7.97. The van der Waals surface area contributed by atoms with Gasteiger partial charge >= 0.3 is 0 Å². The number of hydrogen-bond acceptors (Lipinski definition) is 5. The number of methoxy groups -OCH3 is 2. The predicted octanol–water partition coefficient (Wildman–Crippen LogP) is 6.06. The van der Waals surface area contributed by atoms with Gasteiger partial charge < -0.3 is 19.5 Å². The van der Waals surface area contributed by atoms with Crippen molar-refractivity contribution in [3.8, 4) is 17.2 Å². The highest BCUT2D eigenvalue weighted by Crippen LogP contribution is 2.38. The minimum absolute atomic E-state index is 0.477. The van der Waals surface area contributed by atoms with Crippen molar-refractivity contribution < 1.29 is 14.2 Å². The largest absolute Gasteiger partial charge is 0.497 e. The maximum absolute atomic E-state index is 5.97. The zero-order chi connectivity index (χ0) is 24.7. The van der Waals surface area contributed by atoms with Gasteiger partial charge in [0.1, 0.15) is 23.9 Å². The Morgan fingerprint density at radius 2 is 1.56 bits per heavy atom. The number of anilines is 1. The van der Waals surface area contributed by atoms with Gasteiger partial charge in [-0.2, -0.15) is 0 Å². The van der Waals surface area contributed by atoms with Crippen molar-refractivity contribution in [2.24, 2.45) is 0 Å². The fraction of sp³-hybridized carbons (Fsp3) is 0.419. The number of nitrogens with zero attached hydrogens (tertiary/aromatic N) is 1. The van der Waals surface area contributed by atoms with Crippen molar-refractivity contribution >= 4 is 5.69 Å². The molecule has 2 aliphatic rings. The number of likely N-dealkylation sites (tertiary alicyclic amines) is 1. The topological polar surface area (TPSA) is 43.0 Å². The molecule has 5 nitrogen and oxygen atoms in total. The van der Waals surface area contributed by atoms with Gasteiger partial charge in [0.25, 0.3) is 0 Å². The van der Waals surface area contributed by atoms with E-state index < -0.39 is 0 Å². The molecule has 1 unspecified atom stereocenters. The summed E-state index contributed by atoms with van der Waals surface area (Å²) in [6, 6.07) is 21.4. The minimum Gasteiger partial charge on any atom is -0.497 e. The summed E-state index contributed by atoms with van der Waals surface area (Å²) in [5.41, 5.74) is 6.59. The van der Waals surface area contributed by atoms with Crippen LogP contribution in [0.3, 0.4) is 0 Å². The normalized spacial score (nSPS) is 17.4. The van der Waals surface area contributed by atoms with Gasteiger partial charge in [-0.25, -0.2) is 0 Å². The molecule has 0 amide bonds. The molecule has 3 aromatic carbocycles. The Morgan fingerprint density at radius 1 is 0.833 bits per heavy atom. The third-order valence-electron chi connectivity index (χ3n) is 7.62. The van der Waals surface area contributed by atoms with Crippen molar-refractivity contribution in [1.82, 2.24) is 4.90 Å². The molecule has 3 aromatic rings. The molecule has 1 heterocycles. The second-order valence-corrected chi connectivity index (χ2v) is 9.92. The van der Waals surface area contributed by atoms with E-state index in [0.717, 1.165) is 61.9 Å². The highest BCUT2D eigenvalue weighted by atomic mass is 16.5. The molecule has 0 radical (unpaired) electrons. The lowest BCUT2D eigenvalue weighted by Gasteiger charge is -2.27. The van der Waals surface area contributed by atoms with Crippen LogP contribution in [0.5, 0.6) is 17.2 Å². The number of fused-ring (bicyclic) bond motifs is 1. The summed E-state index contributed by atoms with van der Waals surface area (Å²) >= 11 is 0. The van der Waals surface area contributed by atoms with Crippen LogP contribution in [0.1, 0.15) is 47.4 Å². The van der Waals surface area contributed by atoms with Crippen molar-refractivity contribution in [2.75, 3.05) is 45.8 Å². The average molecular weight is 487 g/mol. The van der Waals surface area contributed by atoms with Crippen LogP contribution in [0.2, 0.25) is 0 Å². The fourth-order valence-corrected chi connectivity index (χ4v) is 5.49. The number of benzene rings is 3. The van der Waals surface area contributed by atoms with Crippen molar-refractivity contribution in [1.29, 1.82) is 0 Å². The first-order valence-electron chi connectivity index (χ1n) is 13.2. The van der Waals surface area contributed by atoms with Gasteiger partial charge in [0, 0.05) is 24.8 Å². The molecule has 5 heteroatoms. The van der Waals surface area contributed by atoms with E-state index in [9.17, 15) is 0 Å². The highest BCUT2D eigenvalue weighted by molar-refractivity contribution is 5.58. The highest BCUT2D eigenvalue weighted by Gasteiger charge is 2.23. The molecule has 0 spiro atoms. The maximum atomic E-state index is 5.97. The van der Waals surface area contributed by atoms with Crippen LogP contribution in [0.15, 0.2) is 60.7 Å². The van der Waals surface area contributed by atoms with E-state index >= 15 is 0 Å².